The monoisotopic (exact) mass is 273 g/mol. The highest BCUT2D eigenvalue weighted by Crippen LogP contribution is 2.31. The van der Waals surface area contributed by atoms with Crippen molar-refractivity contribution in [2.45, 2.75) is 0 Å². The number of benzene rings is 2. The summed E-state index contributed by atoms with van der Waals surface area (Å²) < 4.78 is 0. The molecule has 3 aromatic rings. The minimum absolute atomic E-state index is 0.288. The molecule has 0 saturated heterocycles. The van der Waals surface area contributed by atoms with Crippen molar-refractivity contribution in [1.29, 1.82) is 0 Å². The Labute approximate surface area is 124 Å². The molecule has 0 spiro atoms. The van der Waals surface area contributed by atoms with Crippen LogP contribution in [-0.2, 0) is 0 Å². The predicted molar refractivity (Wildman–Crippen MR) is 86.7 cm³/mol. The molecule has 0 fully saturated rings. The van der Waals surface area contributed by atoms with Gasteiger partial charge >= 0.3 is 0 Å². The van der Waals surface area contributed by atoms with Gasteiger partial charge in [-0.3, -0.25) is 4.98 Å². The summed E-state index contributed by atoms with van der Waals surface area (Å²) in [6.07, 6.45) is 5.76. The Hall–Kier alpha value is -2.87. The van der Waals surface area contributed by atoms with E-state index < -0.39 is 0 Å². The Morgan fingerprint density at radius 2 is 1.43 bits per heavy atom. The van der Waals surface area contributed by atoms with Crippen LogP contribution in [0.2, 0.25) is 0 Å². The van der Waals surface area contributed by atoms with Crippen LogP contribution >= 0.6 is 0 Å². The second-order valence-corrected chi connectivity index (χ2v) is 4.69. The van der Waals surface area contributed by atoms with Crippen molar-refractivity contribution in [1.82, 2.24) is 4.98 Å². The smallest absolute Gasteiger partial charge is 0.123 e. The molecular weight excluding hydrogens is 258 g/mol. The second-order valence-electron chi connectivity index (χ2n) is 4.69. The third-order valence-corrected chi connectivity index (χ3v) is 3.28. The lowest BCUT2D eigenvalue weighted by molar-refractivity contribution is 0.477. The van der Waals surface area contributed by atoms with Crippen LogP contribution in [0.25, 0.3) is 23.3 Å². The lowest BCUT2D eigenvalue weighted by Crippen LogP contribution is -1.84. The van der Waals surface area contributed by atoms with Crippen LogP contribution in [0.4, 0.5) is 0 Å². The van der Waals surface area contributed by atoms with E-state index in [1.54, 1.807) is 12.3 Å². The summed E-state index contributed by atoms with van der Waals surface area (Å²) in [5, 5.41) is 10.0. The van der Waals surface area contributed by atoms with Crippen molar-refractivity contribution in [3.05, 3.63) is 84.2 Å². The number of pyridine rings is 1. The highest BCUT2D eigenvalue weighted by Gasteiger charge is 2.06. The molecule has 21 heavy (non-hydrogen) atoms. The van der Waals surface area contributed by atoms with Crippen LogP contribution in [0.15, 0.2) is 72.9 Å². The van der Waals surface area contributed by atoms with Gasteiger partial charge in [0.15, 0.2) is 0 Å². The van der Waals surface area contributed by atoms with E-state index in [2.05, 4.69) is 4.98 Å². The Bertz CT molecular complexity index is 763. The molecule has 1 N–H and O–H groups in total. The van der Waals surface area contributed by atoms with Crippen LogP contribution in [0, 0.1) is 0 Å². The van der Waals surface area contributed by atoms with Gasteiger partial charge in [-0.1, -0.05) is 54.6 Å². The van der Waals surface area contributed by atoms with E-state index in [0.29, 0.717) is 0 Å². The third kappa shape index (κ3) is 3.00. The van der Waals surface area contributed by atoms with Gasteiger partial charge in [-0.25, -0.2) is 0 Å². The van der Waals surface area contributed by atoms with E-state index >= 15 is 0 Å². The number of rotatable bonds is 3. The molecule has 1 aromatic heterocycles. The number of hydrogen-bond acceptors (Lipinski definition) is 2. The summed E-state index contributed by atoms with van der Waals surface area (Å²) in [5.41, 5.74) is 3.79. The molecule has 102 valence electrons. The van der Waals surface area contributed by atoms with Gasteiger partial charge in [-0.05, 0) is 35.4 Å². The third-order valence-electron chi connectivity index (χ3n) is 3.28. The summed E-state index contributed by atoms with van der Waals surface area (Å²) in [6, 6.07) is 21.2. The lowest BCUT2D eigenvalue weighted by atomic mass is 9.98. The van der Waals surface area contributed by atoms with E-state index in [-0.39, 0.29) is 5.75 Å². The van der Waals surface area contributed by atoms with Gasteiger partial charge in [-0.2, -0.15) is 0 Å². The maximum atomic E-state index is 10.0. The average Bonchev–Trinajstić information content (AvgIpc) is 2.55. The molecule has 0 atom stereocenters. The Balaban J connectivity index is 2.01. The fourth-order valence-electron chi connectivity index (χ4n) is 2.24. The molecule has 0 unspecified atom stereocenters. The number of hydrogen-bond donors (Lipinski definition) is 1. The van der Waals surface area contributed by atoms with Crippen LogP contribution in [0.5, 0.6) is 5.75 Å². The summed E-state index contributed by atoms with van der Waals surface area (Å²) in [7, 11) is 0. The van der Waals surface area contributed by atoms with E-state index in [9.17, 15) is 5.11 Å². The second kappa shape index (κ2) is 6.06. The molecule has 3 rings (SSSR count). The first-order chi connectivity index (χ1) is 10.3. The molecule has 0 aliphatic carbocycles. The van der Waals surface area contributed by atoms with E-state index in [1.807, 2.05) is 72.8 Å². The van der Waals surface area contributed by atoms with Crippen molar-refractivity contribution in [3.63, 3.8) is 0 Å². The molecule has 0 bridgehead atoms. The molecule has 0 radical (unpaired) electrons. The topological polar surface area (TPSA) is 33.1 Å². The molecular formula is C19H15NO. The fraction of sp³-hybridized carbons (Fsp3) is 0. The largest absolute Gasteiger partial charge is 0.507 e. The van der Waals surface area contributed by atoms with Gasteiger partial charge in [0.25, 0.3) is 0 Å². The Morgan fingerprint density at radius 1 is 0.714 bits per heavy atom. The quantitative estimate of drug-likeness (QED) is 0.755. The zero-order valence-corrected chi connectivity index (χ0v) is 11.5. The SMILES string of the molecule is Oc1ccccc1-c1ccccc1/C=C/c1ccccn1. The van der Waals surface area contributed by atoms with E-state index in [1.165, 1.54) is 0 Å². The van der Waals surface area contributed by atoms with Crippen LogP contribution in [-0.4, -0.2) is 10.1 Å². The standard InChI is InChI=1S/C19H15NO/c21-19-11-4-3-10-18(19)17-9-2-1-7-15(17)12-13-16-8-5-6-14-20-16/h1-14,21H/b13-12+. The van der Waals surface area contributed by atoms with E-state index in [0.717, 1.165) is 22.4 Å². The predicted octanol–water partition coefficient (Wildman–Crippen LogP) is 4.62. The minimum atomic E-state index is 0.288. The lowest BCUT2D eigenvalue weighted by Gasteiger charge is -2.08. The summed E-state index contributed by atoms with van der Waals surface area (Å²) in [6.45, 7) is 0. The van der Waals surface area contributed by atoms with Gasteiger partial charge in [0.05, 0.1) is 5.69 Å². The van der Waals surface area contributed by atoms with Crippen molar-refractivity contribution < 1.29 is 5.11 Å². The zero-order valence-electron chi connectivity index (χ0n) is 11.5. The number of phenolic OH excluding ortho intramolecular Hbond substituents is 1. The molecule has 2 nitrogen and oxygen atoms in total. The first kappa shape index (κ1) is 13.1. The Morgan fingerprint density at radius 3 is 2.19 bits per heavy atom. The van der Waals surface area contributed by atoms with Gasteiger partial charge in [0.1, 0.15) is 5.75 Å². The fourth-order valence-corrected chi connectivity index (χ4v) is 2.24. The van der Waals surface area contributed by atoms with Crippen molar-refractivity contribution in [3.8, 4) is 16.9 Å². The summed E-state index contributed by atoms with van der Waals surface area (Å²) >= 11 is 0. The highest BCUT2D eigenvalue weighted by molar-refractivity contribution is 5.82. The number of nitrogens with zero attached hydrogens (tertiary/aromatic N) is 1. The molecule has 2 heteroatoms. The van der Waals surface area contributed by atoms with Crippen molar-refractivity contribution in [2.24, 2.45) is 0 Å². The van der Waals surface area contributed by atoms with Crippen molar-refractivity contribution in [2.75, 3.05) is 0 Å². The number of aromatic nitrogens is 1. The molecule has 0 amide bonds. The molecule has 0 aliphatic heterocycles. The molecule has 0 saturated carbocycles. The molecule has 1 heterocycles. The van der Waals surface area contributed by atoms with Gasteiger partial charge in [0.2, 0.25) is 0 Å². The van der Waals surface area contributed by atoms with Crippen molar-refractivity contribution >= 4 is 12.2 Å². The summed E-state index contributed by atoms with van der Waals surface area (Å²) in [4.78, 5) is 4.28. The van der Waals surface area contributed by atoms with Crippen LogP contribution < -0.4 is 0 Å². The first-order valence-corrected chi connectivity index (χ1v) is 6.81. The minimum Gasteiger partial charge on any atom is -0.507 e. The number of phenols is 1. The Kier molecular flexibility index (Phi) is 3.79. The average molecular weight is 273 g/mol. The van der Waals surface area contributed by atoms with Gasteiger partial charge in [-0.15, -0.1) is 0 Å². The summed E-state index contributed by atoms with van der Waals surface area (Å²) in [5.74, 6) is 0.288. The number of para-hydroxylation sites is 1. The number of aromatic hydroxyl groups is 1. The van der Waals surface area contributed by atoms with Gasteiger partial charge < -0.3 is 5.11 Å². The van der Waals surface area contributed by atoms with E-state index in [4.69, 9.17) is 0 Å². The van der Waals surface area contributed by atoms with Gasteiger partial charge in [0, 0.05) is 11.8 Å². The molecule has 2 aromatic carbocycles. The van der Waals surface area contributed by atoms with Crippen LogP contribution in [0.1, 0.15) is 11.3 Å². The normalized spacial score (nSPS) is 10.9. The highest BCUT2D eigenvalue weighted by atomic mass is 16.3. The molecule has 0 aliphatic rings. The maximum absolute atomic E-state index is 10.0. The first-order valence-electron chi connectivity index (χ1n) is 6.81. The zero-order chi connectivity index (χ0) is 14.5. The maximum Gasteiger partial charge on any atom is 0.123 e. The van der Waals surface area contributed by atoms with Crippen LogP contribution in [0.3, 0.4) is 0 Å².